The molecule has 1 fully saturated rings. The molecule has 8 nitrogen and oxygen atoms in total. The van der Waals surface area contributed by atoms with Crippen molar-refractivity contribution in [1.29, 1.82) is 0 Å². The molecule has 2 aromatic carbocycles. The zero-order valence-corrected chi connectivity index (χ0v) is 21.9. The number of ether oxygens (including phenoxy) is 1. The molecule has 2 aromatic heterocycles. The summed E-state index contributed by atoms with van der Waals surface area (Å²) in [7, 11) is 0. The molecule has 37 heavy (non-hydrogen) atoms. The number of carbonyl (C=O) groups is 1. The molecule has 1 amide bonds. The van der Waals surface area contributed by atoms with Gasteiger partial charge in [-0.2, -0.15) is 9.47 Å². The number of anilines is 2. The molecule has 2 aliphatic rings. The van der Waals surface area contributed by atoms with Gasteiger partial charge < -0.3 is 15.0 Å². The number of benzene rings is 2. The number of amides is 1. The molecular weight excluding hydrogens is 484 g/mol. The summed E-state index contributed by atoms with van der Waals surface area (Å²) >= 11 is 1.39. The lowest BCUT2D eigenvalue weighted by molar-refractivity contribution is -0.116. The van der Waals surface area contributed by atoms with E-state index in [1.54, 1.807) is 0 Å². The van der Waals surface area contributed by atoms with Gasteiger partial charge in [0.1, 0.15) is 17.1 Å². The summed E-state index contributed by atoms with van der Waals surface area (Å²) in [5, 5.41) is 9.08. The summed E-state index contributed by atoms with van der Waals surface area (Å²) in [5.41, 5.74) is 7.18. The zero-order valence-electron chi connectivity index (χ0n) is 21.1. The number of aromatic nitrogens is 4. The lowest BCUT2D eigenvalue weighted by Crippen LogP contribution is -2.34. The predicted octanol–water partition coefficient (Wildman–Crippen LogP) is 5.39. The van der Waals surface area contributed by atoms with E-state index >= 15 is 0 Å². The molecule has 1 saturated heterocycles. The smallest absolute Gasteiger partial charge is 0.246 e. The Bertz CT molecular complexity index is 1440. The molecule has 6 rings (SSSR count). The van der Waals surface area contributed by atoms with Gasteiger partial charge in [-0.25, -0.2) is 9.67 Å². The molecule has 1 unspecified atom stereocenters. The fraction of sp³-hybridized carbons (Fsp3) is 0.357. The van der Waals surface area contributed by atoms with Crippen LogP contribution in [0.4, 0.5) is 11.4 Å². The summed E-state index contributed by atoms with van der Waals surface area (Å²) in [4.78, 5) is 19.7. The van der Waals surface area contributed by atoms with E-state index in [0.29, 0.717) is 6.54 Å². The molecule has 4 heterocycles. The predicted molar refractivity (Wildman–Crippen MR) is 146 cm³/mol. The van der Waals surface area contributed by atoms with Crippen LogP contribution in [-0.4, -0.2) is 44.7 Å². The number of nitrogens with zero attached hydrogens (tertiary/aromatic N) is 5. The molecule has 2 aliphatic heterocycles. The van der Waals surface area contributed by atoms with Gasteiger partial charge in [0, 0.05) is 41.9 Å². The van der Waals surface area contributed by atoms with Crippen molar-refractivity contribution >= 4 is 28.8 Å². The van der Waals surface area contributed by atoms with E-state index in [-0.39, 0.29) is 18.7 Å². The Morgan fingerprint density at radius 2 is 2.11 bits per heavy atom. The largest absolute Gasteiger partial charge is 0.376 e. The van der Waals surface area contributed by atoms with E-state index in [1.807, 2.05) is 60.0 Å². The van der Waals surface area contributed by atoms with Crippen LogP contribution in [0, 0.1) is 13.8 Å². The van der Waals surface area contributed by atoms with Gasteiger partial charge in [-0.3, -0.25) is 4.79 Å². The van der Waals surface area contributed by atoms with E-state index in [0.717, 1.165) is 76.9 Å². The van der Waals surface area contributed by atoms with Crippen molar-refractivity contribution in [2.45, 2.75) is 45.8 Å². The number of hydrogen-bond donors (Lipinski definition) is 1. The number of nitrogens with one attached hydrogen (secondary N) is 1. The van der Waals surface area contributed by atoms with Crippen LogP contribution in [0.25, 0.3) is 21.8 Å². The maximum absolute atomic E-state index is 13.3. The van der Waals surface area contributed by atoms with Crippen LogP contribution in [0.5, 0.6) is 0 Å². The number of carbonyl (C=O) groups excluding carboxylic acids is 1. The van der Waals surface area contributed by atoms with Gasteiger partial charge in [0.05, 0.1) is 12.2 Å². The van der Waals surface area contributed by atoms with Crippen LogP contribution in [0.3, 0.4) is 0 Å². The van der Waals surface area contributed by atoms with E-state index < -0.39 is 0 Å². The first-order valence-corrected chi connectivity index (χ1v) is 13.6. The van der Waals surface area contributed by atoms with Crippen molar-refractivity contribution in [3.05, 3.63) is 65.6 Å². The van der Waals surface area contributed by atoms with Crippen molar-refractivity contribution in [3.8, 4) is 21.8 Å². The van der Waals surface area contributed by atoms with Gasteiger partial charge in [-0.05, 0) is 80.4 Å². The van der Waals surface area contributed by atoms with Gasteiger partial charge in [0.25, 0.3) is 0 Å². The van der Waals surface area contributed by atoms with Crippen LogP contribution >= 0.6 is 11.5 Å². The summed E-state index contributed by atoms with van der Waals surface area (Å²) in [6.07, 6.45) is 6.11. The quantitative estimate of drug-likeness (QED) is 0.372. The second-order valence-corrected chi connectivity index (χ2v) is 10.4. The van der Waals surface area contributed by atoms with Gasteiger partial charge in [0.2, 0.25) is 5.91 Å². The molecular formula is C28H30N6O2S. The lowest BCUT2D eigenvalue weighted by atomic mass is 10.0. The summed E-state index contributed by atoms with van der Waals surface area (Å²) < 4.78 is 12.1. The lowest BCUT2D eigenvalue weighted by Gasteiger charge is -2.22. The average molecular weight is 515 g/mol. The topological polar surface area (TPSA) is 85.2 Å². The highest BCUT2D eigenvalue weighted by Crippen LogP contribution is 2.36. The Hall–Kier alpha value is -3.56. The van der Waals surface area contributed by atoms with Crippen molar-refractivity contribution in [3.63, 3.8) is 0 Å². The third kappa shape index (κ3) is 4.76. The van der Waals surface area contributed by atoms with Gasteiger partial charge >= 0.3 is 0 Å². The second kappa shape index (κ2) is 10.1. The average Bonchev–Trinajstić information content (AvgIpc) is 3.68. The Balaban J connectivity index is 1.17. The first kappa shape index (κ1) is 23.8. The van der Waals surface area contributed by atoms with Crippen LogP contribution < -0.4 is 10.2 Å². The van der Waals surface area contributed by atoms with Crippen molar-refractivity contribution in [2.24, 2.45) is 0 Å². The molecule has 0 spiro atoms. The highest BCUT2D eigenvalue weighted by atomic mass is 32.1. The third-order valence-electron chi connectivity index (χ3n) is 7.11. The fourth-order valence-electron chi connectivity index (χ4n) is 5.13. The number of fused-ring (bicyclic) bond motifs is 1. The van der Waals surface area contributed by atoms with E-state index in [2.05, 4.69) is 26.8 Å². The molecule has 1 N–H and O–H groups in total. The van der Waals surface area contributed by atoms with Crippen LogP contribution in [0.1, 0.15) is 42.4 Å². The number of hydrogen-bond acceptors (Lipinski definition) is 7. The normalized spacial score (nSPS) is 17.1. The summed E-state index contributed by atoms with van der Waals surface area (Å²) in [6.45, 7) is 5.61. The highest BCUT2D eigenvalue weighted by molar-refractivity contribution is 7.09. The third-order valence-corrected chi connectivity index (χ3v) is 7.96. The first-order valence-electron chi connectivity index (χ1n) is 12.8. The van der Waals surface area contributed by atoms with E-state index in [9.17, 15) is 4.79 Å². The first-order chi connectivity index (χ1) is 18.1. The monoisotopic (exact) mass is 514 g/mol. The van der Waals surface area contributed by atoms with Gasteiger partial charge in [-0.1, -0.05) is 24.3 Å². The standard InChI is InChI=1S/C28H30N6O2S/c1-18-9-10-20(28-30-19(2)32-37-28)16-24(18)29-17-26(35)33-13-11-22-21(6-5-7-25(22)33)23-12-14-34(31-23)27-8-3-4-15-36-27/h5-7,9-10,12,14,16,27,29H,3-4,8,11,13,15,17H2,1-2H3. The van der Waals surface area contributed by atoms with Crippen molar-refractivity contribution in [1.82, 2.24) is 19.1 Å². The fourth-order valence-corrected chi connectivity index (χ4v) is 5.80. The van der Waals surface area contributed by atoms with Crippen molar-refractivity contribution in [2.75, 3.05) is 29.9 Å². The minimum atomic E-state index is 0.0151. The van der Waals surface area contributed by atoms with Crippen molar-refractivity contribution < 1.29 is 9.53 Å². The van der Waals surface area contributed by atoms with Gasteiger partial charge in [0.15, 0.2) is 0 Å². The van der Waals surface area contributed by atoms with Crippen LogP contribution in [-0.2, 0) is 16.0 Å². The SMILES string of the molecule is Cc1nsc(-c2ccc(C)c(NCC(=O)N3CCc4c(-c5ccn(C6CCCCO6)n5)cccc43)c2)n1. The minimum Gasteiger partial charge on any atom is -0.376 e. The second-order valence-electron chi connectivity index (χ2n) is 9.63. The Morgan fingerprint density at radius 3 is 2.92 bits per heavy atom. The maximum Gasteiger partial charge on any atom is 0.246 e. The highest BCUT2D eigenvalue weighted by Gasteiger charge is 2.27. The molecule has 190 valence electrons. The molecule has 4 aromatic rings. The van der Waals surface area contributed by atoms with E-state index in [1.165, 1.54) is 17.1 Å². The molecule has 0 aliphatic carbocycles. The summed E-state index contributed by atoms with van der Waals surface area (Å²) in [6, 6.07) is 14.3. The Morgan fingerprint density at radius 1 is 1.19 bits per heavy atom. The Labute approximate surface area is 220 Å². The van der Waals surface area contributed by atoms with Gasteiger partial charge in [-0.15, -0.1) is 0 Å². The molecule has 9 heteroatoms. The van der Waals surface area contributed by atoms with E-state index in [4.69, 9.17) is 9.84 Å². The minimum absolute atomic E-state index is 0.0151. The van der Waals surface area contributed by atoms with Crippen LogP contribution in [0.15, 0.2) is 48.7 Å². The maximum atomic E-state index is 13.3. The molecule has 0 saturated carbocycles. The number of rotatable bonds is 6. The zero-order chi connectivity index (χ0) is 25.4. The molecule has 0 bridgehead atoms. The number of aryl methyl sites for hydroxylation is 2. The molecule has 1 atom stereocenters. The van der Waals surface area contributed by atoms with Crippen LogP contribution in [0.2, 0.25) is 0 Å². The summed E-state index contributed by atoms with van der Waals surface area (Å²) in [5.74, 6) is 0.819. The molecule has 0 radical (unpaired) electrons. The Kier molecular flexibility index (Phi) is 6.48.